The molecule has 0 aliphatic heterocycles. The maximum atomic E-state index is 11.2. The molecule has 0 aromatic carbocycles. The normalized spacial score (nSPS) is 22.5. The highest BCUT2D eigenvalue weighted by molar-refractivity contribution is 5.75. The van der Waals surface area contributed by atoms with Crippen molar-refractivity contribution in [3.8, 4) is 11.8 Å². The number of nitrogens with one attached hydrogen (secondary N) is 2. The Kier molecular flexibility index (Phi) is 2.82. The van der Waals surface area contributed by atoms with E-state index >= 15 is 0 Å². The van der Waals surface area contributed by atoms with Crippen molar-refractivity contribution in [3.63, 3.8) is 0 Å². The third-order valence-electron chi connectivity index (χ3n) is 2.33. The highest BCUT2D eigenvalue weighted by Crippen LogP contribution is 2.44. The van der Waals surface area contributed by atoms with Crippen LogP contribution in [-0.4, -0.2) is 18.6 Å². The van der Waals surface area contributed by atoms with Crippen LogP contribution in [0.3, 0.4) is 0 Å². The van der Waals surface area contributed by atoms with E-state index < -0.39 is 0 Å². The Morgan fingerprint density at radius 2 is 2.23 bits per heavy atom. The first-order valence-corrected chi connectivity index (χ1v) is 4.50. The van der Waals surface area contributed by atoms with Gasteiger partial charge in [0, 0.05) is 6.04 Å². The average molecular weight is 180 g/mol. The molecule has 1 aliphatic rings. The summed E-state index contributed by atoms with van der Waals surface area (Å²) in [6.45, 7) is 6.46. The highest BCUT2D eigenvalue weighted by Gasteiger charge is 2.46. The fraction of sp³-hybridized carbons (Fsp3) is 0.700. The van der Waals surface area contributed by atoms with E-state index in [1.165, 1.54) is 0 Å². The number of hydrogen-bond acceptors (Lipinski definition) is 1. The molecule has 0 heterocycles. The van der Waals surface area contributed by atoms with Crippen molar-refractivity contribution in [1.29, 1.82) is 0 Å². The molecule has 1 unspecified atom stereocenters. The summed E-state index contributed by atoms with van der Waals surface area (Å²) in [6.07, 6.45) is 1.07. The molecular formula is C10H16N2O. The van der Waals surface area contributed by atoms with Gasteiger partial charge in [0.25, 0.3) is 0 Å². The summed E-state index contributed by atoms with van der Waals surface area (Å²) < 4.78 is 0. The maximum absolute atomic E-state index is 11.2. The summed E-state index contributed by atoms with van der Waals surface area (Å²) in [6, 6.07) is 0.223. The fourth-order valence-electron chi connectivity index (χ4n) is 1.14. The maximum Gasteiger partial charge on any atom is 0.315 e. The first-order valence-electron chi connectivity index (χ1n) is 4.50. The Morgan fingerprint density at radius 3 is 2.69 bits per heavy atom. The largest absolute Gasteiger partial charge is 0.335 e. The molecule has 3 nitrogen and oxygen atoms in total. The Balaban J connectivity index is 2.15. The molecule has 1 rings (SSSR count). The van der Waals surface area contributed by atoms with Crippen LogP contribution < -0.4 is 10.6 Å². The van der Waals surface area contributed by atoms with E-state index in [9.17, 15) is 4.79 Å². The molecule has 1 atom stereocenters. The topological polar surface area (TPSA) is 41.1 Å². The van der Waals surface area contributed by atoms with E-state index in [4.69, 9.17) is 0 Å². The van der Waals surface area contributed by atoms with Crippen LogP contribution in [0.15, 0.2) is 0 Å². The quantitative estimate of drug-likeness (QED) is 0.614. The van der Waals surface area contributed by atoms with Crippen LogP contribution in [0.5, 0.6) is 0 Å². The zero-order valence-electron chi connectivity index (χ0n) is 8.40. The number of urea groups is 1. The third kappa shape index (κ3) is 2.98. The monoisotopic (exact) mass is 180 g/mol. The van der Waals surface area contributed by atoms with E-state index in [1.807, 2.05) is 0 Å². The minimum atomic E-state index is -0.113. The van der Waals surface area contributed by atoms with E-state index in [1.54, 1.807) is 6.92 Å². The van der Waals surface area contributed by atoms with E-state index in [-0.39, 0.29) is 11.4 Å². The van der Waals surface area contributed by atoms with Crippen molar-refractivity contribution in [2.75, 3.05) is 6.54 Å². The van der Waals surface area contributed by atoms with Crippen LogP contribution in [0.4, 0.5) is 4.79 Å². The number of carbonyl (C=O) groups excluding carboxylic acids is 1. The third-order valence-corrected chi connectivity index (χ3v) is 2.33. The van der Waals surface area contributed by atoms with Crippen molar-refractivity contribution in [2.24, 2.45) is 5.41 Å². The van der Waals surface area contributed by atoms with Crippen LogP contribution in [-0.2, 0) is 0 Å². The average Bonchev–Trinajstić information content (AvgIpc) is 2.59. The summed E-state index contributed by atoms with van der Waals surface area (Å²) in [5.41, 5.74) is 0.285. The molecule has 0 saturated heterocycles. The summed E-state index contributed by atoms with van der Waals surface area (Å²) in [4.78, 5) is 11.2. The number of hydrogen-bond donors (Lipinski definition) is 2. The number of rotatable bonds is 2. The molecule has 1 saturated carbocycles. The lowest BCUT2D eigenvalue weighted by molar-refractivity contribution is 0.240. The molecule has 2 N–H and O–H groups in total. The van der Waals surface area contributed by atoms with Crippen molar-refractivity contribution >= 4 is 6.03 Å². The SMILES string of the molecule is CC#CCNC(=O)NC1CC1(C)C. The van der Waals surface area contributed by atoms with Crippen LogP contribution in [0.25, 0.3) is 0 Å². The molecule has 0 radical (unpaired) electrons. The van der Waals surface area contributed by atoms with Gasteiger partial charge in [0.2, 0.25) is 0 Å². The lowest BCUT2D eigenvalue weighted by Crippen LogP contribution is -2.38. The lowest BCUT2D eigenvalue weighted by Gasteiger charge is -2.06. The van der Waals surface area contributed by atoms with Crippen molar-refractivity contribution in [2.45, 2.75) is 33.2 Å². The van der Waals surface area contributed by atoms with E-state index in [2.05, 4.69) is 36.3 Å². The van der Waals surface area contributed by atoms with Gasteiger partial charge < -0.3 is 10.6 Å². The summed E-state index contributed by atoms with van der Waals surface area (Å²) >= 11 is 0. The van der Waals surface area contributed by atoms with Crippen LogP contribution in [0.2, 0.25) is 0 Å². The minimum Gasteiger partial charge on any atom is -0.335 e. The van der Waals surface area contributed by atoms with Gasteiger partial charge in [0.1, 0.15) is 0 Å². The Hall–Kier alpha value is -1.17. The molecule has 0 bridgehead atoms. The highest BCUT2D eigenvalue weighted by atomic mass is 16.2. The standard InChI is InChI=1S/C10H16N2O/c1-4-5-6-11-9(13)12-8-7-10(8,2)3/h8H,6-7H2,1-3H3,(H2,11,12,13). The summed E-state index contributed by atoms with van der Waals surface area (Å²) in [7, 11) is 0. The predicted octanol–water partition coefficient (Wildman–Crippen LogP) is 1.11. The van der Waals surface area contributed by atoms with Gasteiger partial charge in [-0.05, 0) is 18.8 Å². The van der Waals surface area contributed by atoms with Crippen LogP contribution in [0.1, 0.15) is 27.2 Å². The molecule has 0 spiro atoms. The van der Waals surface area contributed by atoms with Crippen LogP contribution >= 0.6 is 0 Å². The molecule has 13 heavy (non-hydrogen) atoms. The molecule has 2 amide bonds. The van der Waals surface area contributed by atoms with Gasteiger partial charge in [-0.15, -0.1) is 5.92 Å². The summed E-state index contributed by atoms with van der Waals surface area (Å²) in [5, 5.41) is 5.55. The molecule has 3 heteroatoms. The zero-order valence-corrected chi connectivity index (χ0v) is 8.40. The second kappa shape index (κ2) is 3.69. The van der Waals surface area contributed by atoms with Gasteiger partial charge in [-0.3, -0.25) is 0 Å². The first kappa shape index (κ1) is 9.91. The van der Waals surface area contributed by atoms with Gasteiger partial charge >= 0.3 is 6.03 Å². The molecule has 0 aromatic rings. The van der Waals surface area contributed by atoms with Crippen LogP contribution in [0, 0.1) is 17.3 Å². The second-order valence-electron chi connectivity index (χ2n) is 4.00. The molecule has 72 valence electrons. The lowest BCUT2D eigenvalue weighted by atomic mass is 10.2. The predicted molar refractivity (Wildman–Crippen MR) is 52.2 cm³/mol. The fourth-order valence-corrected chi connectivity index (χ4v) is 1.14. The summed E-state index contributed by atoms with van der Waals surface area (Å²) in [5.74, 6) is 5.49. The van der Waals surface area contributed by atoms with Gasteiger partial charge in [-0.2, -0.15) is 0 Å². The van der Waals surface area contributed by atoms with Gasteiger partial charge in [0.05, 0.1) is 6.54 Å². The minimum absolute atomic E-state index is 0.113. The number of amides is 2. The van der Waals surface area contributed by atoms with Gasteiger partial charge in [0.15, 0.2) is 0 Å². The number of carbonyl (C=O) groups is 1. The molecule has 0 aromatic heterocycles. The van der Waals surface area contributed by atoms with Crippen molar-refractivity contribution in [3.05, 3.63) is 0 Å². The Bertz CT molecular complexity index is 260. The van der Waals surface area contributed by atoms with Gasteiger partial charge in [-0.1, -0.05) is 19.8 Å². The Morgan fingerprint density at radius 1 is 1.62 bits per heavy atom. The second-order valence-corrected chi connectivity index (χ2v) is 4.00. The molecule has 1 fully saturated rings. The zero-order chi connectivity index (χ0) is 9.90. The Labute approximate surface area is 79.3 Å². The molecule has 1 aliphatic carbocycles. The van der Waals surface area contributed by atoms with E-state index in [0.29, 0.717) is 12.6 Å². The first-order chi connectivity index (χ1) is 6.06. The van der Waals surface area contributed by atoms with Crippen molar-refractivity contribution in [1.82, 2.24) is 10.6 Å². The van der Waals surface area contributed by atoms with Crippen molar-refractivity contribution < 1.29 is 4.79 Å². The molecular weight excluding hydrogens is 164 g/mol. The van der Waals surface area contributed by atoms with E-state index in [0.717, 1.165) is 6.42 Å². The van der Waals surface area contributed by atoms with Gasteiger partial charge in [-0.25, -0.2) is 4.79 Å². The smallest absolute Gasteiger partial charge is 0.315 e.